The van der Waals surface area contributed by atoms with Crippen LogP contribution in [0, 0.1) is 0 Å². The molecule has 26 heavy (non-hydrogen) atoms. The summed E-state index contributed by atoms with van der Waals surface area (Å²) in [6.07, 6.45) is 0. The molecule has 138 valence electrons. The fraction of sp³-hybridized carbons (Fsp3) is 0.278. The summed E-state index contributed by atoms with van der Waals surface area (Å²) in [7, 11) is -2.29. The zero-order chi connectivity index (χ0) is 18.6. The fourth-order valence-electron chi connectivity index (χ4n) is 2.51. The molecule has 0 fully saturated rings. The first-order valence-corrected chi connectivity index (χ1v) is 10.4. The monoisotopic (exact) mass is 392 g/mol. The van der Waals surface area contributed by atoms with Gasteiger partial charge in [-0.25, -0.2) is 0 Å². The molecule has 0 amide bonds. The summed E-state index contributed by atoms with van der Waals surface area (Å²) in [5, 5.41) is 0. The highest BCUT2D eigenvalue weighted by Gasteiger charge is 2.15. The molecule has 0 aliphatic rings. The van der Waals surface area contributed by atoms with E-state index < -0.39 is 10.0 Å². The molecule has 6 nitrogen and oxygen atoms in total. The maximum Gasteiger partial charge on any atom is 0.285 e. The van der Waals surface area contributed by atoms with Crippen molar-refractivity contribution in [1.29, 1.82) is 0 Å². The molecule has 3 rings (SSSR count). The molecule has 8 heteroatoms. The Morgan fingerprint density at radius 3 is 2.54 bits per heavy atom. The first-order valence-electron chi connectivity index (χ1n) is 8.16. The van der Waals surface area contributed by atoms with E-state index in [1.54, 1.807) is 12.1 Å². The van der Waals surface area contributed by atoms with Gasteiger partial charge in [-0.15, -0.1) is 4.40 Å². The van der Waals surface area contributed by atoms with Crippen LogP contribution < -0.4 is 9.54 Å². The topological polar surface area (TPSA) is 69.9 Å². The molecule has 3 aromatic rings. The van der Waals surface area contributed by atoms with E-state index in [2.05, 4.69) is 4.40 Å². The average molecular weight is 393 g/mol. The molecule has 2 aromatic carbocycles. The molecule has 0 saturated heterocycles. The van der Waals surface area contributed by atoms with E-state index in [-0.39, 0.29) is 4.90 Å². The smallest absolute Gasteiger partial charge is 0.285 e. The standard InChI is InChI=1S/C18H20N2O4S2/c1-3-24-13-12-20-16-6-4-5-7-17(16)25-18(20)19-26(21,22)15-10-8-14(23-2)9-11-15/h4-11H,3,12-13H2,1-2H3. The third-order valence-corrected chi connectivity index (χ3v) is 6.26. The van der Waals surface area contributed by atoms with Crippen molar-refractivity contribution in [3.8, 4) is 5.75 Å². The number of hydrogen-bond donors (Lipinski definition) is 0. The van der Waals surface area contributed by atoms with Crippen molar-refractivity contribution in [3.63, 3.8) is 0 Å². The predicted molar refractivity (Wildman–Crippen MR) is 102 cm³/mol. The largest absolute Gasteiger partial charge is 0.497 e. The van der Waals surface area contributed by atoms with Gasteiger partial charge in [0.2, 0.25) is 4.80 Å². The Labute approximate surface area is 156 Å². The summed E-state index contributed by atoms with van der Waals surface area (Å²) in [4.78, 5) is 0.564. The highest BCUT2D eigenvalue weighted by Crippen LogP contribution is 2.19. The third kappa shape index (κ3) is 3.98. The van der Waals surface area contributed by atoms with Gasteiger partial charge in [0.05, 0.1) is 28.8 Å². The summed E-state index contributed by atoms with van der Waals surface area (Å²) in [5.41, 5.74) is 0.945. The Morgan fingerprint density at radius 1 is 1.12 bits per heavy atom. The minimum Gasteiger partial charge on any atom is -0.497 e. The molecule has 0 unspecified atom stereocenters. The predicted octanol–water partition coefficient (Wildman–Crippen LogP) is 3.04. The first kappa shape index (κ1) is 18.6. The SMILES string of the molecule is CCOCCn1c(=NS(=O)(=O)c2ccc(OC)cc2)sc2ccccc21. The molecule has 1 aromatic heterocycles. The van der Waals surface area contributed by atoms with Crippen molar-refractivity contribution in [2.45, 2.75) is 18.4 Å². The molecule has 0 radical (unpaired) electrons. The zero-order valence-electron chi connectivity index (χ0n) is 14.6. The Morgan fingerprint density at radius 2 is 1.85 bits per heavy atom. The van der Waals surface area contributed by atoms with Gasteiger partial charge in [0, 0.05) is 13.2 Å². The molecule has 0 N–H and O–H groups in total. The summed E-state index contributed by atoms with van der Waals surface area (Å²) < 4.78 is 42.9. The van der Waals surface area contributed by atoms with Crippen molar-refractivity contribution in [2.75, 3.05) is 20.3 Å². The van der Waals surface area contributed by atoms with Crippen LogP contribution in [0.5, 0.6) is 5.75 Å². The lowest BCUT2D eigenvalue weighted by Crippen LogP contribution is -2.19. The lowest BCUT2D eigenvalue weighted by atomic mass is 10.3. The van der Waals surface area contributed by atoms with Gasteiger partial charge < -0.3 is 14.0 Å². The number of nitrogens with zero attached hydrogens (tertiary/aromatic N) is 2. The van der Waals surface area contributed by atoms with Gasteiger partial charge in [-0.1, -0.05) is 23.5 Å². The Bertz CT molecular complexity index is 1050. The van der Waals surface area contributed by atoms with Crippen LogP contribution in [-0.4, -0.2) is 33.3 Å². The number of rotatable bonds is 7. The van der Waals surface area contributed by atoms with E-state index in [0.717, 1.165) is 10.2 Å². The number of aromatic nitrogens is 1. The number of thiazole rings is 1. The number of methoxy groups -OCH3 is 1. The maximum absolute atomic E-state index is 12.7. The quantitative estimate of drug-likeness (QED) is 0.580. The lowest BCUT2D eigenvalue weighted by Gasteiger charge is -2.05. The summed E-state index contributed by atoms with van der Waals surface area (Å²) in [6.45, 7) is 3.57. The highest BCUT2D eigenvalue weighted by atomic mass is 32.2. The number of benzene rings is 2. The second-order valence-corrected chi connectivity index (χ2v) is 8.06. The Hall–Kier alpha value is -2.16. The lowest BCUT2D eigenvalue weighted by molar-refractivity contribution is 0.139. The van der Waals surface area contributed by atoms with E-state index in [9.17, 15) is 8.42 Å². The normalized spacial score (nSPS) is 12.6. The molecule has 0 aliphatic carbocycles. The molecule has 0 atom stereocenters. The van der Waals surface area contributed by atoms with Crippen LogP contribution in [0.2, 0.25) is 0 Å². The summed E-state index contributed by atoms with van der Waals surface area (Å²) in [6, 6.07) is 14.0. The first-order chi connectivity index (χ1) is 12.5. The molecule has 1 heterocycles. The number of para-hydroxylation sites is 1. The molecule has 0 saturated carbocycles. The van der Waals surface area contributed by atoms with Crippen LogP contribution in [0.4, 0.5) is 0 Å². The minimum atomic E-state index is -3.82. The average Bonchev–Trinajstić information content (AvgIpc) is 2.98. The summed E-state index contributed by atoms with van der Waals surface area (Å²) in [5.74, 6) is 0.595. The number of hydrogen-bond acceptors (Lipinski definition) is 5. The summed E-state index contributed by atoms with van der Waals surface area (Å²) >= 11 is 1.35. The second kappa shape index (κ2) is 8.03. The van der Waals surface area contributed by atoms with Gasteiger partial charge >= 0.3 is 0 Å². The van der Waals surface area contributed by atoms with Gasteiger partial charge in [-0.2, -0.15) is 8.42 Å². The number of fused-ring (bicyclic) bond motifs is 1. The number of ether oxygens (including phenoxy) is 2. The van der Waals surface area contributed by atoms with E-state index in [4.69, 9.17) is 9.47 Å². The maximum atomic E-state index is 12.7. The third-order valence-electron chi connectivity index (χ3n) is 3.81. The highest BCUT2D eigenvalue weighted by molar-refractivity contribution is 7.90. The minimum absolute atomic E-state index is 0.132. The van der Waals surface area contributed by atoms with Gasteiger partial charge in [0.15, 0.2) is 0 Å². The van der Waals surface area contributed by atoms with Gasteiger partial charge in [0.25, 0.3) is 10.0 Å². The van der Waals surface area contributed by atoms with Gasteiger partial charge in [-0.05, 0) is 43.3 Å². The van der Waals surface area contributed by atoms with Crippen molar-refractivity contribution in [1.82, 2.24) is 4.57 Å². The van der Waals surface area contributed by atoms with Crippen LogP contribution >= 0.6 is 11.3 Å². The van der Waals surface area contributed by atoms with Crippen LogP contribution in [0.3, 0.4) is 0 Å². The Kier molecular flexibility index (Phi) is 5.75. The zero-order valence-corrected chi connectivity index (χ0v) is 16.2. The molecule has 0 bridgehead atoms. The molecular formula is C18H20N2O4S2. The molecule has 0 aliphatic heterocycles. The van der Waals surface area contributed by atoms with Crippen LogP contribution in [0.1, 0.15) is 6.92 Å². The van der Waals surface area contributed by atoms with Gasteiger partial charge in [-0.3, -0.25) is 0 Å². The van der Waals surface area contributed by atoms with E-state index in [1.165, 1.54) is 30.6 Å². The van der Waals surface area contributed by atoms with Crippen LogP contribution in [-0.2, 0) is 21.3 Å². The van der Waals surface area contributed by atoms with E-state index in [0.29, 0.717) is 30.3 Å². The second-order valence-electron chi connectivity index (χ2n) is 5.44. The number of sulfonamides is 1. The van der Waals surface area contributed by atoms with Crippen molar-refractivity contribution < 1.29 is 17.9 Å². The van der Waals surface area contributed by atoms with E-state index >= 15 is 0 Å². The van der Waals surface area contributed by atoms with Crippen molar-refractivity contribution >= 4 is 31.6 Å². The fourth-order valence-corrected chi connectivity index (χ4v) is 4.77. The Balaban J connectivity index is 2.08. The van der Waals surface area contributed by atoms with Gasteiger partial charge in [0.1, 0.15) is 5.75 Å². The van der Waals surface area contributed by atoms with Crippen LogP contribution in [0.15, 0.2) is 57.8 Å². The molecule has 0 spiro atoms. The van der Waals surface area contributed by atoms with Crippen LogP contribution in [0.25, 0.3) is 10.2 Å². The van der Waals surface area contributed by atoms with Crippen molar-refractivity contribution in [2.24, 2.45) is 4.40 Å². The van der Waals surface area contributed by atoms with E-state index in [1.807, 2.05) is 35.8 Å². The van der Waals surface area contributed by atoms with Crippen molar-refractivity contribution in [3.05, 3.63) is 53.3 Å². The molecular weight excluding hydrogens is 372 g/mol.